The van der Waals surface area contributed by atoms with Crippen LogP contribution in [0.5, 0.6) is 0 Å². The lowest BCUT2D eigenvalue weighted by Gasteiger charge is -2.31. The second-order valence-corrected chi connectivity index (χ2v) is 3.51. The van der Waals surface area contributed by atoms with Gasteiger partial charge < -0.3 is 14.4 Å². The largest absolute Gasteiger partial charge is 0.382 e. The second-order valence-electron chi connectivity index (χ2n) is 3.51. The molecule has 0 radical (unpaired) electrons. The number of hydrogen-bond donors (Lipinski definition) is 1. The monoisotopic (exact) mass is 182 g/mol. The Kier molecular flexibility index (Phi) is 2.09. The van der Waals surface area contributed by atoms with E-state index in [2.05, 4.69) is 4.98 Å². The highest BCUT2D eigenvalue weighted by Gasteiger charge is 2.35. The van der Waals surface area contributed by atoms with E-state index in [0.717, 1.165) is 5.82 Å². The van der Waals surface area contributed by atoms with Gasteiger partial charge in [-0.3, -0.25) is 0 Å². The molecule has 1 fully saturated rings. The lowest BCUT2D eigenvalue weighted by atomic mass is 9.93. The molecule has 1 aromatic rings. The Morgan fingerprint density at radius 3 is 2.77 bits per heavy atom. The minimum atomic E-state index is -0.781. The SMILES string of the molecule is Cn1ccnc1C1(O)CCOCC1. The van der Waals surface area contributed by atoms with Gasteiger partial charge in [0.05, 0.1) is 0 Å². The summed E-state index contributed by atoms with van der Waals surface area (Å²) in [6.07, 6.45) is 4.83. The minimum absolute atomic E-state index is 0.614. The molecule has 13 heavy (non-hydrogen) atoms. The molecule has 0 bridgehead atoms. The van der Waals surface area contributed by atoms with E-state index in [9.17, 15) is 5.11 Å². The molecule has 1 aliphatic rings. The molecule has 1 aromatic heterocycles. The number of hydrogen-bond acceptors (Lipinski definition) is 3. The van der Waals surface area contributed by atoms with E-state index in [1.807, 2.05) is 17.8 Å². The van der Waals surface area contributed by atoms with Crippen molar-refractivity contribution in [2.75, 3.05) is 13.2 Å². The van der Waals surface area contributed by atoms with E-state index < -0.39 is 5.60 Å². The fraction of sp³-hybridized carbons (Fsp3) is 0.667. The fourth-order valence-electron chi connectivity index (χ4n) is 1.75. The fourth-order valence-corrected chi connectivity index (χ4v) is 1.75. The molecule has 0 saturated carbocycles. The topological polar surface area (TPSA) is 47.3 Å². The van der Waals surface area contributed by atoms with E-state index in [0.29, 0.717) is 26.1 Å². The van der Waals surface area contributed by atoms with Crippen LogP contribution in [-0.4, -0.2) is 27.9 Å². The summed E-state index contributed by atoms with van der Waals surface area (Å²) in [5, 5.41) is 10.2. The third kappa shape index (κ3) is 1.47. The Morgan fingerprint density at radius 1 is 1.54 bits per heavy atom. The third-order valence-electron chi connectivity index (χ3n) is 2.56. The van der Waals surface area contributed by atoms with E-state index in [-0.39, 0.29) is 0 Å². The molecule has 1 aliphatic heterocycles. The summed E-state index contributed by atoms with van der Waals surface area (Å²) < 4.78 is 7.07. The van der Waals surface area contributed by atoms with Gasteiger partial charge in [0.2, 0.25) is 0 Å². The number of aryl methyl sites for hydroxylation is 1. The van der Waals surface area contributed by atoms with Crippen LogP contribution in [0, 0.1) is 0 Å². The predicted octanol–water partition coefficient (Wildman–Crippen LogP) is 0.418. The lowest BCUT2D eigenvalue weighted by Crippen LogP contribution is -2.35. The standard InChI is InChI=1S/C9H14N2O2/c1-11-5-4-10-8(11)9(12)2-6-13-7-3-9/h4-5,12H,2-3,6-7H2,1H3. The zero-order valence-corrected chi connectivity index (χ0v) is 7.73. The van der Waals surface area contributed by atoms with Crippen molar-refractivity contribution >= 4 is 0 Å². The summed E-state index contributed by atoms with van der Waals surface area (Å²) in [7, 11) is 1.90. The van der Waals surface area contributed by atoms with Crippen LogP contribution < -0.4 is 0 Å². The van der Waals surface area contributed by atoms with E-state index in [1.54, 1.807) is 6.20 Å². The molecule has 2 heterocycles. The lowest BCUT2D eigenvalue weighted by molar-refractivity contribution is -0.0747. The van der Waals surface area contributed by atoms with Crippen molar-refractivity contribution in [1.29, 1.82) is 0 Å². The Hall–Kier alpha value is -0.870. The van der Waals surface area contributed by atoms with Gasteiger partial charge in [-0.2, -0.15) is 0 Å². The van der Waals surface area contributed by atoms with Crippen molar-refractivity contribution in [3.63, 3.8) is 0 Å². The second kappa shape index (κ2) is 3.12. The van der Waals surface area contributed by atoms with Crippen LogP contribution in [-0.2, 0) is 17.4 Å². The van der Waals surface area contributed by atoms with Crippen LogP contribution in [0.25, 0.3) is 0 Å². The molecule has 4 nitrogen and oxygen atoms in total. The summed E-state index contributed by atoms with van der Waals surface area (Å²) in [5.41, 5.74) is -0.781. The molecule has 0 amide bonds. The van der Waals surface area contributed by atoms with Crippen molar-refractivity contribution in [2.24, 2.45) is 7.05 Å². The van der Waals surface area contributed by atoms with Gasteiger partial charge in [0.1, 0.15) is 11.4 Å². The quantitative estimate of drug-likeness (QED) is 0.684. The van der Waals surface area contributed by atoms with Gasteiger partial charge >= 0.3 is 0 Å². The molecule has 0 unspecified atom stereocenters. The number of aliphatic hydroxyl groups is 1. The van der Waals surface area contributed by atoms with Gasteiger partial charge in [0.15, 0.2) is 0 Å². The van der Waals surface area contributed by atoms with Crippen LogP contribution >= 0.6 is 0 Å². The molecule has 1 saturated heterocycles. The highest BCUT2D eigenvalue weighted by atomic mass is 16.5. The molecule has 0 spiro atoms. The number of rotatable bonds is 1. The summed E-state index contributed by atoms with van der Waals surface area (Å²) in [6, 6.07) is 0. The van der Waals surface area contributed by atoms with Gasteiger partial charge in [-0.25, -0.2) is 4.98 Å². The first-order valence-electron chi connectivity index (χ1n) is 4.50. The third-order valence-corrected chi connectivity index (χ3v) is 2.56. The Labute approximate surface area is 77.2 Å². The van der Waals surface area contributed by atoms with Gasteiger partial charge in [0, 0.05) is 45.5 Å². The molecule has 4 heteroatoms. The summed E-state index contributed by atoms with van der Waals surface area (Å²) >= 11 is 0. The van der Waals surface area contributed by atoms with Crippen molar-refractivity contribution < 1.29 is 9.84 Å². The van der Waals surface area contributed by atoms with Gasteiger partial charge in [-0.05, 0) is 0 Å². The van der Waals surface area contributed by atoms with Gasteiger partial charge in [-0.1, -0.05) is 0 Å². The Morgan fingerprint density at radius 2 is 2.23 bits per heavy atom. The molecule has 0 atom stereocenters. The first kappa shape index (κ1) is 8.72. The van der Waals surface area contributed by atoms with Crippen LogP contribution in [0.15, 0.2) is 12.4 Å². The van der Waals surface area contributed by atoms with E-state index >= 15 is 0 Å². The molecular formula is C9H14N2O2. The number of nitrogens with zero attached hydrogens (tertiary/aromatic N) is 2. The number of aromatic nitrogens is 2. The average Bonchev–Trinajstić information content (AvgIpc) is 2.53. The predicted molar refractivity (Wildman–Crippen MR) is 47.2 cm³/mol. The van der Waals surface area contributed by atoms with Crippen LogP contribution in [0.1, 0.15) is 18.7 Å². The molecule has 72 valence electrons. The zero-order chi connectivity index (χ0) is 9.31. The average molecular weight is 182 g/mol. The van der Waals surface area contributed by atoms with Crippen molar-refractivity contribution in [3.8, 4) is 0 Å². The number of imidazole rings is 1. The van der Waals surface area contributed by atoms with Crippen molar-refractivity contribution in [1.82, 2.24) is 9.55 Å². The number of ether oxygens (including phenoxy) is 1. The van der Waals surface area contributed by atoms with E-state index in [1.165, 1.54) is 0 Å². The summed E-state index contributed by atoms with van der Waals surface area (Å²) in [5.74, 6) is 0.746. The van der Waals surface area contributed by atoms with Crippen LogP contribution in [0.2, 0.25) is 0 Å². The maximum absolute atomic E-state index is 10.2. The van der Waals surface area contributed by atoms with Gasteiger partial charge in [-0.15, -0.1) is 0 Å². The van der Waals surface area contributed by atoms with Crippen LogP contribution in [0.4, 0.5) is 0 Å². The molecular weight excluding hydrogens is 168 g/mol. The van der Waals surface area contributed by atoms with E-state index in [4.69, 9.17) is 4.74 Å². The normalized spacial score (nSPS) is 21.7. The molecule has 0 aromatic carbocycles. The Balaban J connectivity index is 2.27. The molecule has 0 aliphatic carbocycles. The molecule has 1 N–H and O–H groups in total. The maximum Gasteiger partial charge on any atom is 0.140 e. The molecule has 2 rings (SSSR count). The smallest absolute Gasteiger partial charge is 0.140 e. The van der Waals surface area contributed by atoms with Crippen molar-refractivity contribution in [2.45, 2.75) is 18.4 Å². The first-order valence-corrected chi connectivity index (χ1v) is 4.50. The summed E-state index contributed by atoms with van der Waals surface area (Å²) in [4.78, 5) is 4.17. The van der Waals surface area contributed by atoms with Crippen LogP contribution in [0.3, 0.4) is 0 Å². The first-order chi connectivity index (χ1) is 6.22. The van der Waals surface area contributed by atoms with Crippen molar-refractivity contribution in [3.05, 3.63) is 18.2 Å². The highest BCUT2D eigenvalue weighted by molar-refractivity contribution is 5.05. The van der Waals surface area contributed by atoms with Gasteiger partial charge in [0.25, 0.3) is 0 Å². The maximum atomic E-state index is 10.2. The highest BCUT2D eigenvalue weighted by Crippen LogP contribution is 2.29. The Bertz CT molecular complexity index is 290. The zero-order valence-electron chi connectivity index (χ0n) is 7.73. The minimum Gasteiger partial charge on any atom is -0.382 e. The summed E-state index contributed by atoms with van der Waals surface area (Å²) in [6.45, 7) is 1.23.